The average Bonchev–Trinajstić information content (AvgIpc) is 3.06. The molecule has 0 fully saturated rings. The number of anilines is 1. The van der Waals surface area contributed by atoms with Crippen LogP contribution in [-0.4, -0.2) is 25.9 Å². The molecule has 10 heteroatoms. The molecule has 2 heterocycles. The summed E-state index contributed by atoms with van der Waals surface area (Å²) >= 11 is 0.572. The number of amides is 1. The number of rotatable bonds is 5. The molecule has 2 aromatic heterocycles. The van der Waals surface area contributed by atoms with Gasteiger partial charge in [0.1, 0.15) is 6.54 Å². The van der Waals surface area contributed by atoms with E-state index in [4.69, 9.17) is 0 Å². The van der Waals surface area contributed by atoms with E-state index >= 15 is 0 Å². The first kappa shape index (κ1) is 16.8. The van der Waals surface area contributed by atoms with Crippen LogP contribution in [0.3, 0.4) is 0 Å². The van der Waals surface area contributed by atoms with E-state index in [9.17, 15) is 18.4 Å². The van der Waals surface area contributed by atoms with Crippen LogP contribution in [0, 0.1) is 0 Å². The van der Waals surface area contributed by atoms with Gasteiger partial charge in [-0.25, -0.2) is 13.5 Å². The van der Waals surface area contributed by atoms with Crippen molar-refractivity contribution in [1.29, 1.82) is 0 Å². The van der Waals surface area contributed by atoms with Crippen molar-refractivity contribution in [2.75, 3.05) is 5.32 Å². The van der Waals surface area contributed by atoms with Crippen LogP contribution in [0.15, 0.2) is 47.3 Å². The number of hydrogen-bond acceptors (Lipinski definition) is 6. The fourth-order valence-corrected chi connectivity index (χ4v) is 2.61. The highest BCUT2D eigenvalue weighted by Crippen LogP contribution is 2.25. The van der Waals surface area contributed by atoms with Crippen molar-refractivity contribution in [2.45, 2.75) is 13.0 Å². The molecule has 0 aliphatic heterocycles. The van der Waals surface area contributed by atoms with E-state index in [1.54, 1.807) is 6.07 Å². The third-order valence-corrected chi connectivity index (χ3v) is 3.95. The molecule has 0 radical (unpaired) electrons. The van der Waals surface area contributed by atoms with Gasteiger partial charge in [0.15, 0.2) is 5.01 Å². The molecule has 7 nitrogen and oxygen atoms in total. The smallest absolute Gasteiger partial charge is 0.291 e. The molecule has 0 saturated heterocycles. The Bertz CT molecular complexity index is 942. The van der Waals surface area contributed by atoms with Crippen molar-refractivity contribution in [3.8, 4) is 11.3 Å². The van der Waals surface area contributed by atoms with E-state index in [1.807, 2.05) is 30.3 Å². The molecule has 0 atom stereocenters. The molecule has 0 bridgehead atoms. The largest absolute Gasteiger partial charge is 0.299 e. The molecule has 0 aliphatic rings. The molecule has 1 aromatic carbocycles. The van der Waals surface area contributed by atoms with Crippen molar-refractivity contribution in [3.63, 3.8) is 0 Å². The molecule has 3 aromatic rings. The lowest BCUT2D eigenvalue weighted by Gasteiger charge is -2.06. The zero-order chi connectivity index (χ0) is 17.8. The molecule has 1 amide bonds. The summed E-state index contributed by atoms with van der Waals surface area (Å²) in [6, 6.07) is 12.0. The molecule has 3 rings (SSSR count). The van der Waals surface area contributed by atoms with Gasteiger partial charge < -0.3 is 0 Å². The predicted molar refractivity (Wildman–Crippen MR) is 87.4 cm³/mol. The Kier molecular flexibility index (Phi) is 4.89. The van der Waals surface area contributed by atoms with Crippen LogP contribution in [0.4, 0.5) is 13.9 Å². The maximum Gasteiger partial charge on any atom is 0.291 e. The molecule has 0 saturated carbocycles. The zero-order valence-electron chi connectivity index (χ0n) is 12.6. The standard InChI is InChI=1S/C15H11F2N5O2S/c16-13(17)14-19-20-15(25-14)18-11(23)8-22-12(24)7-6-10(21-22)9-4-2-1-3-5-9/h1-7,13H,8H2,(H,18,20,23). The zero-order valence-corrected chi connectivity index (χ0v) is 13.4. The maximum absolute atomic E-state index is 12.5. The Morgan fingerprint density at radius 3 is 2.60 bits per heavy atom. The van der Waals surface area contributed by atoms with E-state index in [0.29, 0.717) is 17.0 Å². The predicted octanol–water partition coefficient (Wildman–Crippen LogP) is 2.34. The molecular formula is C15H11F2N5O2S. The second-order valence-corrected chi connectivity index (χ2v) is 5.88. The lowest BCUT2D eigenvalue weighted by atomic mass is 10.1. The highest BCUT2D eigenvalue weighted by Gasteiger charge is 2.16. The number of carbonyl (C=O) groups is 1. The third kappa shape index (κ3) is 4.10. The second kappa shape index (κ2) is 7.26. The van der Waals surface area contributed by atoms with Gasteiger partial charge in [-0.2, -0.15) is 5.10 Å². The van der Waals surface area contributed by atoms with Gasteiger partial charge in [0, 0.05) is 11.6 Å². The van der Waals surface area contributed by atoms with Gasteiger partial charge in [0.2, 0.25) is 11.0 Å². The van der Waals surface area contributed by atoms with Gasteiger partial charge in [-0.1, -0.05) is 41.7 Å². The molecular weight excluding hydrogens is 352 g/mol. The summed E-state index contributed by atoms with van der Waals surface area (Å²) in [5.74, 6) is -0.614. The van der Waals surface area contributed by atoms with Gasteiger partial charge >= 0.3 is 0 Å². The van der Waals surface area contributed by atoms with E-state index in [2.05, 4.69) is 20.6 Å². The molecule has 0 aliphatic carbocycles. The Morgan fingerprint density at radius 1 is 1.16 bits per heavy atom. The number of carbonyl (C=O) groups excluding carboxylic acids is 1. The molecule has 0 spiro atoms. The number of hydrogen-bond donors (Lipinski definition) is 1. The van der Waals surface area contributed by atoms with Crippen LogP contribution in [0.1, 0.15) is 11.4 Å². The maximum atomic E-state index is 12.5. The van der Waals surface area contributed by atoms with Gasteiger partial charge in [-0.3, -0.25) is 14.9 Å². The SMILES string of the molecule is O=C(Cn1nc(-c2ccccc2)ccc1=O)Nc1nnc(C(F)F)s1. The highest BCUT2D eigenvalue weighted by atomic mass is 32.1. The Hall–Kier alpha value is -3.01. The number of alkyl halides is 2. The second-order valence-electron chi connectivity index (χ2n) is 4.87. The van der Waals surface area contributed by atoms with Crippen LogP contribution >= 0.6 is 11.3 Å². The normalized spacial score (nSPS) is 10.8. The lowest BCUT2D eigenvalue weighted by Crippen LogP contribution is -2.29. The van der Waals surface area contributed by atoms with Crippen molar-refractivity contribution >= 4 is 22.4 Å². The number of benzene rings is 1. The van der Waals surface area contributed by atoms with Crippen LogP contribution in [0.25, 0.3) is 11.3 Å². The van der Waals surface area contributed by atoms with Gasteiger partial charge in [0.25, 0.3) is 12.0 Å². The van der Waals surface area contributed by atoms with E-state index in [0.717, 1.165) is 10.2 Å². The van der Waals surface area contributed by atoms with Crippen molar-refractivity contribution in [1.82, 2.24) is 20.0 Å². The summed E-state index contributed by atoms with van der Waals surface area (Å²) in [6.07, 6.45) is -2.75. The minimum Gasteiger partial charge on any atom is -0.299 e. The van der Waals surface area contributed by atoms with Gasteiger partial charge in [0.05, 0.1) is 5.69 Å². The van der Waals surface area contributed by atoms with Crippen molar-refractivity contribution < 1.29 is 13.6 Å². The first-order valence-electron chi connectivity index (χ1n) is 7.08. The molecule has 128 valence electrons. The molecule has 0 unspecified atom stereocenters. The Balaban J connectivity index is 1.75. The Morgan fingerprint density at radius 2 is 1.92 bits per heavy atom. The highest BCUT2D eigenvalue weighted by molar-refractivity contribution is 7.15. The van der Waals surface area contributed by atoms with Crippen LogP contribution < -0.4 is 10.9 Å². The van der Waals surface area contributed by atoms with Crippen LogP contribution in [-0.2, 0) is 11.3 Å². The summed E-state index contributed by atoms with van der Waals surface area (Å²) in [5.41, 5.74) is 0.867. The summed E-state index contributed by atoms with van der Waals surface area (Å²) < 4.78 is 25.9. The number of aromatic nitrogens is 4. The topological polar surface area (TPSA) is 89.8 Å². The van der Waals surface area contributed by atoms with Crippen molar-refractivity contribution in [3.05, 3.63) is 57.8 Å². The fourth-order valence-electron chi connectivity index (χ4n) is 1.99. The minimum atomic E-state index is -2.75. The Labute approximate surface area is 144 Å². The van der Waals surface area contributed by atoms with Crippen LogP contribution in [0.5, 0.6) is 0 Å². The minimum absolute atomic E-state index is 0.0624. The summed E-state index contributed by atoms with van der Waals surface area (Å²) in [4.78, 5) is 23.9. The van der Waals surface area contributed by atoms with Gasteiger partial charge in [-0.15, -0.1) is 10.2 Å². The number of nitrogens with zero attached hydrogens (tertiary/aromatic N) is 4. The fraction of sp³-hybridized carbons (Fsp3) is 0.133. The van der Waals surface area contributed by atoms with Crippen LogP contribution in [0.2, 0.25) is 0 Å². The van der Waals surface area contributed by atoms with E-state index in [1.165, 1.54) is 6.07 Å². The lowest BCUT2D eigenvalue weighted by molar-refractivity contribution is -0.117. The molecule has 1 N–H and O–H groups in total. The first-order valence-corrected chi connectivity index (χ1v) is 7.89. The monoisotopic (exact) mass is 363 g/mol. The van der Waals surface area contributed by atoms with Crippen molar-refractivity contribution in [2.24, 2.45) is 0 Å². The number of nitrogens with one attached hydrogen (secondary N) is 1. The first-order chi connectivity index (χ1) is 12.0. The number of halogens is 2. The van der Waals surface area contributed by atoms with Gasteiger partial charge in [-0.05, 0) is 6.07 Å². The quantitative estimate of drug-likeness (QED) is 0.751. The van der Waals surface area contributed by atoms with E-state index < -0.39 is 22.9 Å². The summed E-state index contributed by atoms with van der Waals surface area (Å²) in [5, 5.41) is 12.6. The average molecular weight is 363 g/mol. The van der Waals surface area contributed by atoms with E-state index in [-0.39, 0.29) is 11.7 Å². The summed E-state index contributed by atoms with van der Waals surface area (Å²) in [6.45, 7) is -0.372. The third-order valence-electron chi connectivity index (χ3n) is 3.10. The molecule has 25 heavy (non-hydrogen) atoms. The summed E-state index contributed by atoms with van der Waals surface area (Å²) in [7, 11) is 0.